The number of hydrogen-bond donors (Lipinski definition) is 2. The molecular weight excluding hydrogens is 204 g/mol. The fraction of sp³-hybridized carbons (Fsp3) is 0.750. The van der Waals surface area contributed by atoms with Crippen LogP contribution in [0.4, 0.5) is 4.79 Å². The van der Waals surface area contributed by atoms with Crippen molar-refractivity contribution in [2.75, 3.05) is 20.3 Å². The fourth-order valence-electron chi connectivity index (χ4n) is 1.88. The molecule has 1 aliphatic rings. The molecule has 2 amide bonds. The second-order valence-corrected chi connectivity index (χ2v) is 4.15. The number of carbonyl (C=O) groups is 1. The summed E-state index contributed by atoms with van der Waals surface area (Å²) in [6.45, 7) is 1.33. The van der Waals surface area contributed by atoms with Gasteiger partial charge in [0, 0.05) is 26.5 Å². The highest BCUT2D eigenvalue weighted by Crippen LogP contribution is 2.25. The largest absolute Gasteiger partial charge is 0.385 e. The van der Waals surface area contributed by atoms with Gasteiger partial charge in [-0.3, -0.25) is 0 Å². The summed E-state index contributed by atoms with van der Waals surface area (Å²) in [5.74, 6) is 0.661. The Labute approximate surface area is 97.4 Å². The third-order valence-corrected chi connectivity index (χ3v) is 2.79. The molecule has 0 radical (unpaired) electrons. The average Bonchev–Trinajstić information content (AvgIpc) is 2.77. The maximum Gasteiger partial charge on any atom is 0.318 e. The highest BCUT2D eigenvalue weighted by Gasteiger charge is 2.10. The summed E-state index contributed by atoms with van der Waals surface area (Å²) in [5, 5.41) is 5.48. The zero-order valence-corrected chi connectivity index (χ0v) is 10.00. The number of rotatable bonds is 6. The molecule has 2 N–H and O–H groups in total. The normalized spacial score (nSPS) is 16.8. The lowest BCUT2D eigenvalue weighted by Gasteiger charge is -2.04. The van der Waals surface area contributed by atoms with E-state index in [9.17, 15) is 4.79 Å². The molecule has 0 aromatic carbocycles. The third-order valence-electron chi connectivity index (χ3n) is 2.79. The molecule has 1 fully saturated rings. The summed E-state index contributed by atoms with van der Waals surface area (Å²) in [6, 6.07) is -0.134. The Bertz CT molecular complexity index is 223. The summed E-state index contributed by atoms with van der Waals surface area (Å²) in [6.07, 6.45) is 9.86. The first-order chi connectivity index (χ1) is 7.83. The van der Waals surface area contributed by atoms with Crippen molar-refractivity contribution < 1.29 is 9.53 Å². The molecule has 1 rings (SSSR count). The van der Waals surface area contributed by atoms with Crippen LogP contribution in [0.1, 0.15) is 32.1 Å². The monoisotopic (exact) mass is 226 g/mol. The third kappa shape index (κ3) is 5.75. The van der Waals surface area contributed by atoms with E-state index < -0.39 is 0 Å². The van der Waals surface area contributed by atoms with Crippen LogP contribution in [0.15, 0.2) is 12.3 Å². The van der Waals surface area contributed by atoms with E-state index in [4.69, 9.17) is 4.74 Å². The van der Waals surface area contributed by atoms with Crippen molar-refractivity contribution in [2.24, 2.45) is 5.92 Å². The zero-order valence-electron chi connectivity index (χ0n) is 10.00. The number of hydrogen-bond acceptors (Lipinski definition) is 2. The van der Waals surface area contributed by atoms with Crippen LogP contribution in [0.25, 0.3) is 0 Å². The fourth-order valence-corrected chi connectivity index (χ4v) is 1.88. The molecule has 16 heavy (non-hydrogen) atoms. The van der Waals surface area contributed by atoms with Gasteiger partial charge in [-0.25, -0.2) is 4.79 Å². The predicted molar refractivity (Wildman–Crippen MR) is 64.1 cm³/mol. The van der Waals surface area contributed by atoms with Gasteiger partial charge in [-0.1, -0.05) is 18.9 Å². The second kappa shape index (κ2) is 8.16. The van der Waals surface area contributed by atoms with Crippen molar-refractivity contribution in [1.82, 2.24) is 10.6 Å². The smallest absolute Gasteiger partial charge is 0.318 e. The maximum absolute atomic E-state index is 11.3. The van der Waals surface area contributed by atoms with Gasteiger partial charge in [0.15, 0.2) is 0 Å². The molecule has 0 saturated heterocycles. The number of methoxy groups -OCH3 is 1. The van der Waals surface area contributed by atoms with Crippen LogP contribution in [0.5, 0.6) is 0 Å². The summed E-state index contributed by atoms with van der Waals surface area (Å²) in [5.41, 5.74) is 0. The Balaban J connectivity index is 2.00. The van der Waals surface area contributed by atoms with Gasteiger partial charge < -0.3 is 15.4 Å². The van der Waals surface area contributed by atoms with Gasteiger partial charge in [-0.05, 0) is 25.2 Å². The highest BCUT2D eigenvalue weighted by atomic mass is 16.5. The highest BCUT2D eigenvalue weighted by molar-refractivity contribution is 5.74. The van der Waals surface area contributed by atoms with Gasteiger partial charge in [0.1, 0.15) is 0 Å². The van der Waals surface area contributed by atoms with Crippen molar-refractivity contribution in [3.05, 3.63) is 12.3 Å². The van der Waals surface area contributed by atoms with Crippen molar-refractivity contribution in [3.8, 4) is 0 Å². The lowest BCUT2D eigenvalue weighted by molar-refractivity contribution is 0.193. The topological polar surface area (TPSA) is 50.4 Å². The minimum absolute atomic E-state index is 0.134. The predicted octanol–water partition coefficient (Wildman–Crippen LogP) is 2.03. The molecule has 0 atom stereocenters. The molecule has 1 saturated carbocycles. The average molecular weight is 226 g/mol. The molecular formula is C12H22N2O2. The lowest BCUT2D eigenvalue weighted by atomic mass is 10.1. The van der Waals surface area contributed by atoms with E-state index in [1.165, 1.54) is 25.7 Å². The lowest BCUT2D eigenvalue weighted by Crippen LogP contribution is -2.33. The molecule has 0 aromatic heterocycles. The van der Waals surface area contributed by atoms with Gasteiger partial charge in [-0.2, -0.15) is 0 Å². The van der Waals surface area contributed by atoms with Gasteiger partial charge >= 0.3 is 6.03 Å². The Morgan fingerprint density at radius 2 is 2.19 bits per heavy atom. The first-order valence-corrected chi connectivity index (χ1v) is 6.03. The summed E-state index contributed by atoms with van der Waals surface area (Å²) < 4.78 is 4.89. The Morgan fingerprint density at radius 1 is 1.44 bits per heavy atom. The molecule has 0 aliphatic heterocycles. The van der Waals surface area contributed by atoms with E-state index in [0.717, 1.165) is 6.42 Å². The maximum atomic E-state index is 11.3. The summed E-state index contributed by atoms with van der Waals surface area (Å²) in [7, 11) is 1.66. The molecule has 0 aromatic rings. The number of allylic oxidation sites excluding steroid dienone is 1. The van der Waals surface area contributed by atoms with Gasteiger partial charge in [0.25, 0.3) is 0 Å². The molecule has 1 aliphatic carbocycles. The first kappa shape index (κ1) is 13.0. The molecule has 92 valence electrons. The Morgan fingerprint density at radius 3 is 2.88 bits per heavy atom. The first-order valence-electron chi connectivity index (χ1n) is 6.03. The number of nitrogens with one attached hydrogen (secondary N) is 2. The van der Waals surface area contributed by atoms with E-state index in [0.29, 0.717) is 19.1 Å². The van der Waals surface area contributed by atoms with Crippen molar-refractivity contribution in [1.29, 1.82) is 0 Å². The van der Waals surface area contributed by atoms with Crippen molar-refractivity contribution in [3.63, 3.8) is 0 Å². The molecule has 0 spiro atoms. The van der Waals surface area contributed by atoms with E-state index >= 15 is 0 Å². The van der Waals surface area contributed by atoms with E-state index in [2.05, 4.69) is 16.7 Å². The van der Waals surface area contributed by atoms with Crippen LogP contribution in [0.2, 0.25) is 0 Å². The second-order valence-electron chi connectivity index (χ2n) is 4.15. The SMILES string of the molecule is COCCCNC(=O)N/C=C/C1CCCC1. The minimum Gasteiger partial charge on any atom is -0.385 e. The van der Waals surface area contributed by atoms with Gasteiger partial charge in [-0.15, -0.1) is 0 Å². The minimum atomic E-state index is -0.134. The van der Waals surface area contributed by atoms with Gasteiger partial charge in [0.2, 0.25) is 0 Å². The van der Waals surface area contributed by atoms with Crippen LogP contribution in [-0.2, 0) is 4.74 Å². The van der Waals surface area contributed by atoms with Crippen LogP contribution in [0.3, 0.4) is 0 Å². The molecule has 0 heterocycles. The molecule has 0 unspecified atom stereocenters. The van der Waals surface area contributed by atoms with Crippen molar-refractivity contribution >= 4 is 6.03 Å². The van der Waals surface area contributed by atoms with E-state index in [-0.39, 0.29) is 6.03 Å². The Kier molecular flexibility index (Phi) is 6.65. The van der Waals surface area contributed by atoms with E-state index in [1.54, 1.807) is 13.3 Å². The van der Waals surface area contributed by atoms with Crippen LogP contribution in [0, 0.1) is 5.92 Å². The molecule has 4 heteroatoms. The van der Waals surface area contributed by atoms with Crippen LogP contribution < -0.4 is 10.6 Å². The quantitative estimate of drug-likeness (QED) is 0.681. The number of urea groups is 1. The van der Waals surface area contributed by atoms with Crippen LogP contribution in [-0.4, -0.2) is 26.3 Å². The zero-order chi connectivity index (χ0) is 11.6. The number of ether oxygens (including phenoxy) is 1. The van der Waals surface area contributed by atoms with Crippen LogP contribution >= 0.6 is 0 Å². The number of carbonyl (C=O) groups excluding carboxylic acids is 1. The van der Waals surface area contributed by atoms with Gasteiger partial charge in [0.05, 0.1) is 0 Å². The molecule has 0 bridgehead atoms. The summed E-state index contributed by atoms with van der Waals surface area (Å²) in [4.78, 5) is 11.3. The van der Waals surface area contributed by atoms with E-state index in [1.807, 2.05) is 0 Å². The molecule has 4 nitrogen and oxygen atoms in total. The Hall–Kier alpha value is -1.03. The summed E-state index contributed by atoms with van der Waals surface area (Å²) >= 11 is 0. The van der Waals surface area contributed by atoms with Crippen molar-refractivity contribution in [2.45, 2.75) is 32.1 Å². The standard InChI is InChI=1S/C12H22N2O2/c1-16-10-4-8-13-12(15)14-9-7-11-5-2-3-6-11/h7,9,11H,2-6,8,10H2,1H3,(H2,13,14,15)/b9-7+. The number of amides is 2.